The number of alkyl carbamates (subject to hydrolysis) is 1. The van der Waals surface area contributed by atoms with Crippen molar-refractivity contribution in [3.8, 4) is 0 Å². The highest BCUT2D eigenvalue weighted by Crippen LogP contribution is 2.41. The van der Waals surface area contributed by atoms with Crippen LogP contribution in [0.2, 0.25) is 0 Å². The Kier molecular flexibility index (Phi) is 3.83. The minimum atomic E-state index is -1.25. The maximum Gasteiger partial charge on any atom is 0.408 e. The van der Waals surface area contributed by atoms with Gasteiger partial charge in [0.15, 0.2) is 0 Å². The molecule has 0 spiro atoms. The van der Waals surface area contributed by atoms with E-state index in [0.717, 1.165) is 0 Å². The molecule has 0 aromatic carbocycles. The van der Waals surface area contributed by atoms with Gasteiger partial charge in [0.1, 0.15) is 11.6 Å². The van der Waals surface area contributed by atoms with Crippen LogP contribution in [0.1, 0.15) is 27.2 Å². The van der Waals surface area contributed by atoms with Crippen LogP contribution in [0.4, 0.5) is 4.79 Å². The summed E-state index contributed by atoms with van der Waals surface area (Å²) >= 11 is 0. The van der Waals surface area contributed by atoms with Crippen LogP contribution >= 0.6 is 0 Å². The zero-order valence-corrected chi connectivity index (χ0v) is 10.5. The van der Waals surface area contributed by atoms with Crippen LogP contribution in [0.25, 0.3) is 0 Å². The fraction of sp³-hybridized carbons (Fsp3) is 0.727. The van der Waals surface area contributed by atoms with Crippen LogP contribution in [-0.2, 0) is 14.3 Å². The van der Waals surface area contributed by atoms with Crippen molar-refractivity contribution in [3.05, 3.63) is 0 Å². The minimum absolute atomic E-state index is 0.252. The Morgan fingerprint density at radius 1 is 1.28 bits per heavy atom. The van der Waals surface area contributed by atoms with Crippen LogP contribution in [0.3, 0.4) is 0 Å². The van der Waals surface area contributed by atoms with Gasteiger partial charge in [-0.25, -0.2) is 9.59 Å². The topological polar surface area (TPSA) is 113 Å². The molecular weight excluding hydrogens is 242 g/mol. The first-order chi connectivity index (χ1) is 8.11. The highest BCUT2D eigenvalue weighted by atomic mass is 16.6. The van der Waals surface area contributed by atoms with Gasteiger partial charge in [-0.15, -0.1) is 0 Å². The third-order valence-corrected chi connectivity index (χ3v) is 2.52. The maximum atomic E-state index is 11.4. The average molecular weight is 259 g/mol. The Labute approximate surface area is 104 Å². The first-order valence-electron chi connectivity index (χ1n) is 5.57. The number of nitrogens with one attached hydrogen (secondary N) is 1. The van der Waals surface area contributed by atoms with Gasteiger partial charge in [-0.05, 0) is 27.2 Å². The molecule has 0 aromatic heterocycles. The first-order valence-corrected chi connectivity index (χ1v) is 5.57. The zero-order chi connectivity index (χ0) is 14.1. The summed E-state index contributed by atoms with van der Waals surface area (Å²) in [4.78, 5) is 33.1. The Morgan fingerprint density at radius 2 is 1.83 bits per heavy atom. The lowest BCUT2D eigenvalue weighted by Crippen LogP contribution is -2.45. The van der Waals surface area contributed by atoms with Gasteiger partial charge in [0.05, 0.1) is 5.92 Å². The minimum Gasteiger partial charge on any atom is -0.481 e. The van der Waals surface area contributed by atoms with Crippen molar-refractivity contribution in [2.45, 2.75) is 38.8 Å². The summed E-state index contributed by atoms with van der Waals surface area (Å²) in [6.07, 6.45) is -0.604. The third kappa shape index (κ3) is 3.90. The molecule has 1 saturated carbocycles. The predicted octanol–water partition coefficient (Wildman–Crippen LogP) is 0.685. The second-order valence-electron chi connectivity index (χ2n) is 5.31. The van der Waals surface area contributed by atoms with Crippen molar-refractivity contribution < 1.29 is 29.3 Å². The number of carboxylic acid groups (broad SMARTS) is 2. The van der Waals surface area contributed by atoms with E-state index in [1.54, 1.807) is 20.8 Å². The molecule has 0 saturated heterocycles. The standard InChI is InChI=1S/C11H17NO6/c1-11(2,3)18-10(17)12-7(9(15)16)5-4-6(5)8(13)14/h5-7H,4H2,1-3H3,(H,12,17)(H,13,14)(H,15,16)/t5-,6-,7-/m0/s1. The van der Waals surface area contributed by atoms with E-state index in [0.29, 0.717) is 0 Å². The van der Waals surface area contributed by atoms with Crippen molar-refractivity contribution in [3.63, 3.8) is 0 Å². The van der Waals surface area contributed by atoms with Gasteiger partial charge in [0.25, 0.3) is 0 Å². The fourth-order valence-corrected chi connectivity index (χ4v) is 1.65. The highest BCUT2D eigenvalue weighted by molar-refractivity contribution is 5.83. The number of carbonyl (C=O) groups excluding carboxylic acids is 1. The van der Waals surface area contributed by atoms with Crippen molar-refractivity contribution in [2.75, 3.05) is 0 Å². The van der Waals surface area contributed by atoms with Gasteiger partial charge in [0.2, 0.25) is 0 Å². The monoisotopic (exact) mass is 259 g/mol. The second-order valence-corrected chi connectivity index (χ2v) is 5.31. The van der Waals surface area contributed by atoms with Crippen molar-refractivity contribution in [2.24, 2.45) is 11.8 Å². The molecule has 7 nitrogen and oxygen atoms in total. The molecule has 0 radical (unpaired) electrons. The van der Waals surface area contributed by atoms with Gasteiger partial charge < -0.3 is 20.3 Å². The highest BCUT2D eigenvalue weighted by Gasteiger charge is 2.51. The maximum absolute atomic E-state index is 11.4. The van der Waals surface area contributed by atoms with E-state index in [2.05, 4.69) is 5.32 Å². The molecule has 0 aliphatic heterocycles. The molecule has 1 rings (SSSR count). The number of hydrogen-bond acceptors (Lipinski definition) is 4. The number of hydrogen-bond donors (Lipinski definition) is 3. The molecule has 1 fully saturated rings. The van der Waals surface area contributed by atoms with Gasteiger partial charge in [-0.3, -0.25) is 4.79 Å². The molecule has 0 aromatic rings. The van der Waals surface area contributed by atoms with E-state index >= 15 is 0 Å². The first kappa shape index (κ1) is 14.3. The van der Waals surface area contributed by atoms with Crippen LogP contribution in [0, 0.1) is 11.8 Å². The molecule has 1 amide bonds. The zero-order valence-electron chi connectivity index (χ0n) is 10.5. The second kappa shape index (κ2) is 4.83. The van der Waals surface area contributed by atoms with E-state index in [-0.39, 0.29) is 6.42 Å². The van der Waals surface area contributed by atoms with Crippen molar-refractivity contribution in [1.82, 2.24) is 5.32 Å². The van der Waals surface area contributed by atoms with E-state index in [4.69, 9.17) is 14.9 Å². The fourth-order valence-electron chi connectivity index (χ4n) is 1.65. The summed E-state index contributed by atoms with van der Waals surface area (Å²) in [5.41, 5.74) is -0.733. The molecule has 3 N–H and O–H groups in total. The molecule has 18 heavy (non-hydrogen) atoms. The SMILES string of the molecule is CC(C)(C)OC(=O)N[C@H](C(=O)O)[C@H]1C[C@@H]1C(=O)O. The van der Waals surface area contributed by atoms with Crippen LogP contribution in [0.5, 0.6) is 0 Å². The largest absolute Gasteiger partial charge is 0.481 e. The van der Waals surface area contributed by atoms with Crippen molar-refractivity contribution in [1.29, 1.82) is 0 Å². The van der Waals surface area contributed by atoms with Crippen LogP contribution < -0.4 is 5.32 Å². The Balaban J connectivity index is 2.58. The quantitative estimate of drug-likeness (QED) is 0.684. The summed E-state index contributed by atoms with van der Waals surface area (Å²) in [6.45, 7) is 4.96. The lowest BCUT2D eigenvalue weighted by molar-refractivity contribution is -0.141. The normalized spacial score (nSPS) is 23.9. The van der Waals surface area contributed by atoms with Gasteiger partial charge in [-0.1, -0.05) is 0 Å². The third-order valence-electron chi connectivity index (χ3n) is 2.52. The summed E-state index contributed by atoms with van der Waals surface area (Å²) in [6, 6.07) is -1.22. The average Bonchev–Trinajstić information content (AvgIpc) is 2.89. The molecule has 3 atom stereocenters. The number of carboxylic acids is 2. The van der Waals surface area contributed by atoms with Gasteiger partial charge in [0, 0.05) is 5.92 Å². The lowest BCUT2D eigenvalue weighted by Gasteiger charge is -2.22. The molecule has 7 heteroatoms. The summed E-state index contributed by atoms with van der Waals surface area (Å²) in [5, 5.41) is 19.9. The number of carbonyl (C=O) groups is 3. The number of amides is 1. The Bertz CT molecular complexity index is 372. The van der Waals surface area contributed by atoms with E-state index in [1.807, 2.05) is 0 Å². The summed E-state index contributed by atoms with van der Waals surface area (Å²) < 4.78 is 4.93. The summed E-state index contributed by atoms with van der Waals surface area (Å²) in [7, 11) is 0. The molecular formula is C11H17NO6. The van der Waals surface area contributed by atoms with E-state index in [9.17, 15) is 14.4 Å². The van der Waals surface area contributed by atoms with E-state index < -0.39 is 41.5 Å². The van der Waals surface area contributed by atoms with Gasteiger partial charge >= 0.3 is 18.0 Å². The summed E-state index contributed by atoms with van der Waals surface area (Å²) in [5.74, 6) is -3.58. The Morgan fingerprint density at radius 3 is 2.17 bits per heavy atom. The molecule has 0 heterocycles. The number of aliphatic carboxylic acids is 2. The molecule has 1 aliphatic carbocycles. The van der Waals surface area contributed by atoms with E-state index in [1.165, 1.54) is 0 Å². The molecule has 1 aliphatic rings. The number of ether oxygens (including phenoxy) is 1. The number of rotatable bonds is 4. The predicted molar refractivity (Wildman–Crippen MR) is 60.0 cm³/mol. The lowest BCUT2D eigenvalue weighted by atomic mass is 10.1. The van der Waals surface area contributed by atoms with Crippen LogP contribution in [-0.4, -0.2) is 39.9 Å². The molecule has 102 valence electrons. The Hall–Kier alpha value is -1.79. The van der Waals surface area contributed by atoms with Crippen LogP contribution in [0.15, 0.2) is 0 Å². The smallest absolute Gasteiger partial charge is 0.408 e. The molecule has 0 bridgehead atoms. The van der Waals surface area contributed by atoms with Crippen molar-refractivity contribution >= 4 is 18.0 Å². The van der Waals surface area contributed by atoms with Gasteiger partial charge in [-0.2, -0.15) is 0 Å². The molecule has 0 unspecified atom stereocenters.